The number of fused-ring (bicyclic) bond motifs is 4. The van der Waals surface area contributed by atoms with Crippen molar-refractivity contribution in [2.75, 3.05) is 32.9 Å². The van der Waals surface area contributed by atoms with E-state index in [-0.39, 0.29) is 57.0 Å². The standard InChI is InChI=1S/C39H63NO8/c1-22-17-23(30(41)34(4,5)44)47-29-28(22)36(7)13-14-39-19-38(39)12-11-26(33(2,3)24(38)9-10-25(39)37(36,8)31(29)42)48-27-18-40(15-16-46-27)32(43)35(6)20-45-21-35/h22-31,41-42,44H,9-21H2,1-8H3/t22-,23?,24?,25?,26?,27+,28+,29?,30+,31+,36?,37-,38?,39?/m1/s1. The summed E-state index contributed by atoms with van der Waals surface area (Å²) in [7, 11) is 0. The Balaban J connectivity index is 1.01. The number of hydrogen-bond donors (Lipinski definition) is 3. The van der Waals surface area contributed by atoms with Crippen LogP contribution in [0.4, 0.5) is 0 Å². The molecule has 8 unspecified atom stereocenters. The monoisotopic (exact) mass is 673 g/mol. The second kappa shape index (κ2) is 10.6. The zero-order valence-corrected chi connectivity index (χ0v) is 30.8. The van der Waals surface area contributed by atoms with Crippen LogP contribution in [0.25, 0.3) is 0 Å². The summed E-state index contributed by atoms with van der Waals surface area (Å²) in [6, 6.07) is 0. The van der Waals surface area contributed by atoms with Crippen molar-refractivity contribution in [1.82, 2.24) is 4.90 Å². The first-order chi connectivity index (χ1) is 22.4. The predicted octanol–water partition coefficient (Wildman–Crippen LogP) is 4.54. The topological polar surface area (TPSA) is 118 Å². The number of nitrogens with zero attached hydrogens (tertiary/aromatic N) is 1. The van der Waals surface area contributed by atoms with Gasteiger partial charge in [0.05, 0.1) is 61.8 Å². The van der Waals surface area contributed by atoms with Gasteiger partial charge < -0.3 is 39.2 Å². The highest BCUT2D eigenvalue weighted by Gasteiger charge is 2.84. The summed E-state index contributed by atoms with van der Waals surface area (Å²) >= 11 is 0. The summed E-state index contributed by atoms with van der Waals surface area (Å²) in [4.78, 5) is 15.2. The van der Waals surface area contributed by atoms with Crippen LogP contribution in [0.3, 0.4) is 0 Å². The Morgan fingerprint density at radius 2 is 1.69 bits per heavy atom. The Morgan fingerprint density at radius 3 is 2.35 bits per heavy atom. The van der Waals surface area contributed by atoms with Gasteiger partial charge in [-0.3, -0.25) is 4.79 Å². The zero-order chi connectivity index (χ0) is 34.4. The Kier molecular flexibility index (Phi) is 7.59. The molecule has 272 valence electrons. The maximum Gasteiger partial charge on any atom is 0.233 e. The molecule has 8 fully saturated rings. The molecule has 1 amide bonds. The Morgan fingerprint density at radius 1 is 1.00 bits per heavy atom. The fourth-order valence-corrected chi connectivity index (χ4v) is 14.2. The molecule has 48 heavy (non-hydrogen) atoms. The maximum atomic E-state index is 13.3. The number of ether oxygens (including phenoxy) is 4. The second-order valence-electron chi connectivity index (χ2n) is 19.9. The van der Waals surface area contributed by atoms with E-state index in [4.69, 9.17) is 18.9 Å². The van der Waals surface area contributed by atoms with Gasteiger partial charge in [0.2, 0.25) is 5.91 Å². The van der Waals surface area contributed by atoms with E-state index in [9.17, 15) is 20.1 Å². The molecule has 0 aromatic heterocycles. The van der Waals surface area contributed by atoms with Gasteiger partial charge in [0, 0.05) is 12.0 Å². The van der Waals surface area contributed by atoms with E-state index in [2.05, 4.69) is 34.6 Å². The number of rotatable bonds is 5. The van der Waals surface area contributed by atoms with Gasteiger partial charge in [0.15, 0.2) is 6.29 Å². The van der Waals surface area contributed by atoms with Crippen LogP contribution in [0.15, 0.2) is 0 Å². The van der Waals surface area contributed by atoms with Crippen LogP contribution in [0, 0.1) is 56.2 Å². The van der Waals surface area contributed by atoms with E-state index in [1.165, 1.54) is 12.8 Å². The lowest BCUT2D eigenvalue weighted by Gasteiger charge is -2.64. The van der Waals surface area contributed by atoms with Crippen molar-refractivity contribution in [3.8, 4) is 0 Å². The van der Waals surface area contributed by atoms with Gasteiger partial charge >= 0.3 is 0 Å². The summed E-state index contributed by atoms with van der Waals surface area (Å²) in [5, 5.41) is 34.1. The maximum absolute atomic E-state index is 13.3. The zero-order valence-electron chi connectivity index (χ0n) is 30.8. The SMILES string of the molecule is C[C@@H]1CC([C@H](O)C(C)(C)O)OC2[C@H]1C1(C)CCC34CC35CCC(O[C@H]3CN(C(=O)C6(C)COC6)CCO3)C(C)(C)C5CCC4[C@]1(C)[C@H]2O. The van der Waals surface area contributed by atoms with Crippen molar-refractivity contribution >= 4 is 5.91 Å². The average molecular weight is 674 g/mol. The van der Waals surface area contributed by atoms with Crippen LogP contribution < -0.4 is 0 Å². The minimum Gasteiger partial charge on any atom is -0.390 e. The van der Waals surface area contributed by atoms with Gasteiger partial charge in [-0.1, -0.05) is 34.6 Å². The average Bonchev–Trinajstić information content (AvgIpc) is 3.65. The molecule has 5 aliphatic carbocycles. The second-order valence-corrected chi connectivity index (χ2v) is 19.9. The molecule has 8 rings (SSSR count). The lowest BCUT2D eigenvalue weighted by molar-refractivity contribution is -0.250. The number of aliphatic hydroxyl groups is 3. The summed E-state index contributed by atoms with van der Waals surface area (Å²) in [6.45, 7) is 19.8. The molecule has 3 N–H and O–H groups in total. The van der Waals surface area contributed by atoms with Crippen LogP contribution in [-0.4, -0.2) is 101 Å². The van der Waals surface area contributed by atoms with E-state index in [1.54, 1.807) is 13.8 Å². The van der Waals surface area contributed by atoms with Gasteiger partial charge in [-0.15, -0.1) is 0 Å². The molecule has 0 bridgehead atoms. The number of carbonyl (C=O) groups is 1. The van der Waals surface area contributed by atoms with Crippen LogP contribution in [0.5, 0.6) is 0 Å². The number of aliphatic hydroxyl groups excluding tert-OH is 2. The normalized spacial score (nSPS) is 52.5. The van der Waals surface area contributed by atoms with Crippen LogP contribution in [-0.2, 0) is 23.7 Å². The molecule has 9 nitrogen and oxygen atoms in total. The lowest BCUT2D eigenvalue weighted by atomic mass is 9.41. The number of carbonyl (C=O) groups excluding carboxylic acids is 1. The molecule has 0 radical (unpaired) electrons. The highest BCUT2D eigenvalue weighted by Crippen LogP contribution is 2.89. The fourth-order valence-electron chi connectivity index (χ4n) is 14.2. The summed E-state index contributed by atoms with van der Waals surface area (Å²) in [5.41, 5.74) is -1.52. The Labute approximate surface area is 287 Å². The van der Waals surface area contributed by atoms with Crippen molar-refractivity contribution in [2.24, 2.45) is 56.2 Å². The minimum absolute atomic E-state index is 0.0296. The molecule has 9 heteroatoms. The third kappa shape index (κ3) is 4.30. The predicted molar refractivity (Wildman–Crippen MR) is 179 cm³/mol. The van der Waals surface area contributed by atoms with Gasteiger partial charge in [-0.25, -0.2) is 0 Å². The first-order valence-corrected chi connectivity index (χ1v) is 19.2. The number of hydrogen-bond acceptors (Lipinski definition) is 8. The van der Waals surface area contributed by atoms with E-state index in [1.807, 2.05) is 11.8 Å². The van der Waals surface area contributed by atoms with Crippen molar-refractivity contribution in [2.45, 2.75) is 149 Å². The number of morpholine rings is 1. The largest absolute Gasteiger partial charge is 0.390 e. The lowest BCUT2D eigenvalue weighted by Crippen LogP contribution is -2.61. The van der Waals surface area contributed by atoms with Gasteiger partial charge in [0.1, 0.15) is 6.10 Å². The Hall–Kier alpha value is -0.810. The van der Waals surface area contributed by atoms with Crippen molar-refractivity contribution in [1.29, 1.82) is 0 Å². The first kappa shape index (κ1) is 34.3. The molecular formula is C39H63NO8. The smallest absolute Gasteiger partial charge is 0.233 e. The summed E-state index contributed by atoms with van der Waals surface area (Å²) in [5.74, 6) is 1.65. The first-order valence-electron chi connectivity index (χ1n) is 19.2. The van der Waals surface area contributed by atoms with Crippen molar-refractivity contribution < 1.29 is 39.1 Å². The molecule has 3 heterocycles. The summed E-state index contributed by atoms with van der Waals surface area (Å²) < 4.78 is 25.0. The van der Waals surface area contributed by atoms with E-state index < -0.39 is 35.6 Å². The molecule has 5 saturated carbocycles. The molecule has 0 aromatic rings. The molecule has 3 saturated heterocycles. The van der Waals surface area contributed by atoms with E-state index >= 15 is 0 Å². The molecule has 14 atom stereocenters. The molecule has 0 aromatic carbocycles. The minimum atomic E-state index is -1.26. The van der Waals surface area contributed by atoms with Crippen LogP contribution in [0.2, 0.25) is 0 Å². The molecular weight excluding hydrogens is 610 g/mol. The van der Waals surface area contributed by atoms with Gasteiger partial charge in [0.25, 0.3) is 0 Å². The van der Waals surface area contributed by atoms with Crippen LogP contribution >= 0.6 is 0 Å². The molecule has 2 spiro atoms. The van der Waals surface area contributed by atoms with Gasteiger partial charge in [-0.05, 0) is 117 Å². The highest BCUT2D eigenvalue weighted by atomic mass is 16.7. The Bertz CT molecular complexity index is 1310. The van der Waals surface area contributed by atoms with E-state index in [0.717, 1.165) is 32.1 Å². The van der Waals surface area contributed by atoms with Crippen molar-refractivity contribution in [3.63, 3.8) is 0 Å². The third-order valence-electron chi connectivity index (χ3n) is 16.8. The van der Waals surface area contributed by atoms with Crippen molar-refractivity contribution in [3.05, 3.63) is 0 Å². The number of amides is 1. The third-order valence-corrected chi connectivity index (χ3v) is 16.8. The van der Waals surface area contributed by atoms with Gasteiger partial charge in [-0.2, -0.15) is 0 Å². The highest BCUT2D eigenvalue weighted by molar-refractivity contribution is 5.83. The van der Waals surface area contributed by atoms with Crippen LogP contribution in [0.1, 0.15) is 107 Å². The fraction of sp³-hybridized carbons (Fsp3) is 0.974. The van der Waals surface area contributed by atoms with E-state index in [0.29, 0.717) is 51.2 Å². The molecule has 3 aliphatic heterocycles. The summed E-state index contributed by atoms with van der Waals surface area (Å²) in [6.07, 6.45) is 5.93. The quantitative estimate of drug-likeness (QED) is 0.390. The molecule has 8 aliphatic rings.